The number of rotatable bonds is 17. The number of aromatic nitrogens is 4. The fraction of sp³-hybridized carbons (Fsp3) is 0.386. The van der Waals surface area contributed by atoms with Crippen molar-refractivity contribution in [1.82, 2.24) is 40.0 Å². The molecule has 3 aromatic carbocycles. The third-order valence-electron chi connectivity index (χ3n) is 11.3. The maximum atomic E-state index is 15.0. The minimum absolute atomic E-state index is 0.0608. The van der Waals surface area contributed by atoms with Gasteiger partial charge in [0.05, 0.1) is 40.6 Å². The van der Waals surface area contributed by atoms with Crippen molar-refractivity contribution in [2.45, 2.75) is 83.0 Å². The van der Waals surface area contributed by atoms with E-state index in [9.17, 15) is 19.2 Å². The van der Waals surface area contributed by atoms with E-state index in [1.807, 2.05) is 29.2 Å². The first-order chi connectivity index (χ1) is 29.2. The number of unbranched alkanes of at least 4 members (excludes halogenated alkanes) is 3. The van der Waals surface area contributed by atoms with Crippen molar-refractivity contribution in [2.75, 3.05) is 26.2 Å². The van der Waals surface area contributed by atoms with Crippen molar-refractivity contribution in [3.63, 3.8) is 0 Å². The number of amides is 3. The van der Waals surface area contributed by atoms with Gasteiger partial charge in [-0.05, 0) is 68.0 Å². The van der Waals surface area contributed by atoms with Crippen LogP contribution >= 0.6 is 0 Å². The fourth-order valence-electron chi connectivity index (χ4n) is 8.05. The number of fused-ring (bicyclic) bond motifs is 2. The first kappa shape index (κ1) is 42.0. The van der Waals surface area contributed by atoms with E-state index in [4.69, 9.17) is 15.5 Å². The molecular formula is C44H49F2N9O5. The lowest BCUT2D eigenvalue weighted by Gasteiger charge is -2.32. The number of halogens is 2. The molecule has 3 amide bonds. The Hall–Kier alpha value is -6.13. The van der Waals surface area contributed by atoms with Gasteiger partial charge in [0.15, 0.2) is 0 Å². The van der Waals surface area contributed by atoms with E-state index in [0.717, 1.165) is 44.0 Å². The van der Waals surface area contributed by atoms with E-state index in [-0.39, 0.29) is 61.6 Å². The van der Waals surface area contributed by atoms with Crippen molar-refractivity contribution >= 4 is 51.6 Å². The van der Waals surface area contributed by atoms with Crippen molar-refractivity contribution in [3.8, 4) is 11.1 Å². The van der Waals surface area contributed by atoms with E-state index in [1.165, 1.54) is 22.9 Å². The lowest BCUT2D eigenvalue weighted by molar-refractivity contribution is -0.136. The number of benzene rings is 3. The zero-order valence-corrected chi connectivity index (χ0v) is 33.3. The predicted octanol–water partition coefficient (Wildman–Crippen LogP) is 4.97. The van der Waals surface area contributed by atoms with Gasteiger partial charge in [0, 0.05) is 80.7 Å². The molecule has 0 aliphatic carbocycles. The Bertz CT molecular complexity index is 2470. The molecule has 0 saturated carbocycles. The van der Waals surface area contributed by atoms with Gasteiger partial charge >= 0.3 is 5.69 Å². The van der Waals surface area contributed by atoms with Crippen LogP contribution in [-0.4, -0.2) is 85.3 Å². The molecule has 1 unspecified atom stereocenters. The zero-order valence-electron chi connectivity index (χ0n) is 33.3. The topological polar surface area (TPSA) is 187 Å². The molecule has 16 heteroatoms. The number of para-hydroxylation sites is 3. The average Bonchev–Trinajstić information content (AvgIpc) is 3.53. The molecule has 7 rings (SSSR count). The summed E-state index contributed by atoms with van der Waals surface area (Å²) in [7, 11) is 0. The van der Waals surface area contributed by atoms with Gasteiger partial charge in [-0.1, -0.05) is 37.1 Å². The van der Waals surface area contributed by atoms with Crippen LogP contribution < -0.4 is 21.6 Å². The predicted molar refractivity (Wildman–Crippen MR) is 224 cm³/mol. The Morgan fingerprint density at radius 1 is 0.967 bits per heavy atom. The molecule has 0 bridgehead atoms. The van der Waals surface area contributed by atoms with Crippen molar-refractivity contribution in [1.29, 1.82) is 5.41 Å². The first-order valence-electron chi connectivity index (χ1n) is 20.5. The Morgan fingerprint density at radius 3 is 2.45 bits per heavy atom. The number of nitrogens with one attached hydrogen (secondary N) is 4. The van der Waals surface area contributed by atoms with Gasteiger partial charge in [-0.3, -0.25) is 33.8 Å². The summed E-state index contributed by atoms with van der Waals surface area (Å²) in [6.07, 6.45) is 9.98. The largest absolute Gasteiger partial charge is 0.395 e. The minimum atomic E-state index is -0.726. The summed E-state index contributed by atoms with van der Waals surface area (Å²) < 4.78 is 33.2. The molecule has 4 heterocycles. The van der Waals surface area contributed by atoms with E-state index in [2.05, 4.69) is 20.9 Å². The second-order valence-corrected chi connectivity index (χ2v) is 15.2. The maximum Gasteiger partial charge on any atom is 0.329 e. The highest BCUT2D eigenvalue weighted by molar-refractivity contribution is 6.08. The van der Waals surface area contributed by atoms with Gasteiger partial charge in [0.2, 0.25) is 17.7 Å². The third kappa shape index (κ3) is 9.34. The van der Waals surface area contributed by atoms with Crippen LogP contribution in [0.3, 0.4) is 0 Å². The van der Waals surface area contributed by atoms with E-state index in [0.29, 0.717) is 65.0 Å². The molecule has 60 heavy (non-hydrogen) atoms. The maximum absolute atomic E-state index is 15.0. The number of carbonyl (C=O) groups excluding carboxylic acids is 3. The highest BCUT2D eigenvalue weighted by Crippen LogP contribution is 2.30. The number of imidazole rings is 1. The Balaban J connectivity index is 0.885. The average molecular weight is 822 g/mol. The first-order valence-corrected chi connectivity index (χ1v) is 20.5. The molecule has 2 saturated heterocycles. The van der Waals surface area contributed by atoms with Crippen LogP contribution in [0.25, 0.3) is 38.8 Å². The number of aryl methyl sites for hydroxylation is 1. The number of hydrogen-bond acceptors (Lipinski definition) is 10. The molecular weight excluding hydrogens is 773 g/mol. The lowest BCUT2D eigenvalue weighted by atomic mass is 10.0. The van der Waals surface area contributed by atoms with Gasteiger partial charge in [0.1, 0.15) is 17.7 Å². The van der Waals surface area contributed by atoms with Gasteiger partial charge in [-0.25, -0.2) is 18.6 Å². The molecule has 2 aliphatic heterocycles. The van der Waals surface area contributed by atoms with Crippen LogP contribution in [0.15, 0.2) is 71.8 Å². The number of hydrogen-bond donors (Lipinski definition) is 5. The van der Waals surface area contributed by atoms with Crippen LogP contribution in [-0.2, 0) is 27.5 Å². The van der Waals surface area contributed by atoms with Crippen molar-refractivity contribution in [2.24, 2.45) is 0 Å². The fourth-order valence-corrected chi connectivity index (χ4v) is 8.05. The Kier molecular flexibility index (Phi) is 13.5. The van der Waals surface area contributed by atoms with Gasteiger partial charge in [-0.15, -0.1) is 0 Å². The number of allylic oxidation sites excluding steroid dienone is 1. The molecule has 14 nitrogen and oxygen atoms in total. The summed E-state index contributed by atoms with van der Waals surface area (Å²) in [5, 5.41) is 25.6. The molecule has 0 spiro atoms. The van der Waals surface area contributed by atoms with Gasteiger partial charge in [-0.2, -0.15) is 0 Å². The molecule has 2 fully saturated rings. The lowest BCUT2D eigenvalue weighted by Crippen LogP contribution is -2.44. The second kappa shape index (κ2) is 19.3. The van der Waals surface area contributed by atoms with Crippen LogP contribution in [0.4, 0.5) is 8.78 Å². The Morgan fingerprint density at radius 2 is 1.72 bits per heavy atom. The van der Waals surface area contributed by atoms with Crippen LogP contribution in [0, 0.1) is 17.0 Å². The smallest absolute Gasteiger partial charge is 0.329 e. The molecule has 314 valence electrons. The summed E-state index contributed by atoms with van der Waals surface area (Å²) in [6, 6.07) is 14.5. The van der Waals surface area contributed by atoms with E-state index >= 15 is 8.78 Å². The number of likely N-dealkylation sites (tertiary alicyclic amines) is 1. The zero-order chi connectivity index (χ0) is 42.2. The number of aliphatic hydroxyl groups is 1. The number of aliphatic hydroxyl groups excluding tert-OH is 1. The van der Waals surface area contributed by atoms with Crippen LogP contribution in [0.1, 0.15) is 75.1 Å². The monoisotopic (exact) mass is 821 g/mol. The van der Waals surface area contributed by atoms with Gasteiger partial charge < -0.3 is 26.0 Å². The Labute approximate surface area is 345 Å². The summed E-state index contributed by atoms with van der Waals surface area (Å²) >= 11 is 0. The molecule has 1 atom stereocenters. The normalized spacial score (nSPS) is 16.4. The minimum Gasteiger partial charge on any atom is -0.395 e. The number of nitrogens with zero attached hydrogens (tertiary/aromatic N) is 5. The van der Waals surface area contributed by atoms with Crippen molar-refractivity contribution < 1.29 is 28.3 Å². The molecule has 2 aliphatic rings. The third-order valence-corrected chi connectivity index (χ3v) is 11.3. The number of carbonyl (C=O) groups is 3. The molecule has 2 aromatic heterocycles. The second-order valence-electron chi connectivity index (χ2n) is 15.2. The molecule has 5 aromatic rings. The van der Waals surface area contributed by atoms with E-state index < -0.39 is 23.6 Å². The highest BCUT2D eigenvalue weighted by Gasteiger charge is 2.31. The summed E-state index contributed by atoms with van der Waals surface area (Å²) in [6.45, 7) is 1.70. The summed E-state index contributed by atoms with van der Waals surface area (Å²) in [5.41, 5.74) is 3.70. The summed E-state index contributed by atoms with van der Waals surface area (Å²) in [5.74, 6) is -2.10. The highest BCUT2D eigenvalue weighted by atomic mass is 19.1. The SMILES string of the molecule is N=C/C(=C\NC1CCN(C(=O)CCCCCCn2c(=O)n(C3CCC(=O)NC3=O)c3ccccc32)CC1)c1cnc2cccc(-c3cc(F)c(CNCCO)c(F)c3)c2n1. The van der Waals surface area contributed by atoms with Crippen LogP contribution in [0.5, 0.6) is 0 Å². The van der Waals surface area contributed by atoms with Gasteiger partial charge in [0.25, 0.3) is 0 Å². The quantitative estimate of drug-likeness (QED) is 0.0491. The number of piperidine rings is 2. The molecule has 5 N–H and O–H groups in total. The number of imide groups is 1. The van der Waals surface area contributed by atoms with Crippen molar-refractivity contribution in [3.05, 3.63) is 100 Å². The molecule has 0 radical (unpaired) electrons. The van der Waals surface area contributed by atoms with Crippen LogP contribution in [0.2, 0.25) is 0 Å². The van der Waals surface area contributed by atoms with E-state index in [1.54, 1.807) is 35.2 Å². The standard InChI is InChI=1S/C44H49F2N9O5/c45-33-22-28(23-34(46)32(33)26-48-17-21-56)31-8-7-9-35-42(31)51-36(27-50-35)29(24-47)25-49-30-15-19-53(20-16-30)41(58)12-3-1-2-6-18-54-37-10-4-5-11-38(37)55(44(54)60)39-13-14-40(57)52-43(39)59/h4-5,7-11,22-25,27,30,39,47-49,56H,1-3,6,12-21,26H2,(H,52,57,59)/b29-25+,47-24?. The summed E-state index contributed by atoms with van der Waals surface area (Å²) in [4.78, 5) is 62.1.